The number of carbonyl (C=O) groups is 1. The first-order chi connectivity index (χ1) is 10.5. The van der Waals surface area contributed by atoms with Gasteiger partial charge in [0.25, 0.3) is 0 Å². The minimum atomic E-state index is -1.07. The van der Waals surface area contributed by atoms with Crippen LogP contribution in [0.1, 0.15) is 10.4 Å². The molecule has 1 heterocycles. The van der Waals surface area contributed by atoms with Gasteiger partial charge >= 0.3 is 5.97 Å². The Morgan fingerprint density at radius 2 is 1.95 bits per heavy atom. The summed E-state index contributed by atoms with van der Waals surface area (Å²) in [6.07, 6.45) is 0. The molecule has 0 aliphatic heterocycles. The van der Waals surface area contributed by atoms with Crippen molar-refractivity contribution in [1.29, 1.82) is 0 Å². The Bertz CT molecular complexity index is 706. The molecule has 2 aromatic rings. The third-order valence-electron chi connectivity index (χ3n) is 3.12. The van der Waals surface area contributed by atoms with Gasteiger partial charge in [-0.3, -0.25) is 0 Å². The van der Waals surface area contributed by atoms with Gasteiger partial charge < -0.3 is 19.5 Å². The molecule has 0 spiro atoms. The van der Waals surface area contributed by atoms with Gasteiger partial charge in [0.05, 0.1) is 25.5 Å². The smallest absolute Gasteiger partial charge is 0.335 e. The van der Waals surface area contributed by atoms with Crippen molar-refractivity contribution in [2.45, 2.75) is 0 Å². The third kappa shape index (κ3) is 3.23. The summed E-state index contributed by atoms with van der Waals surface area (Å²) in [7, 11) is 4.85. The van der Waals surface area contributed by atoms with Crippen LogP contribution < -0.4 is 14.4 Å². The molecule has 0 aliphatic carbocycles. The zero-order chi connectivity index (χ0) is 16.3. The van der Waals surface area contributed by atoms with E-state index in [0.717, 1.165) is 0 Å². The van der Waals surface area contributed by atoms with Crippen LogP contribution in [0.25, 0.3) is 0 Å². The second-order valence-corrected chi connectivity index (χ2v) is 4.83. The van der Waals surface area contributed by atoms with Gasteiger partial charge in [-0.2, -0.15) is 0 Å². The van der Waals surface area contributed by atoms with E-state index in [1.165, 1.54) is 12.1 Å². The summed E-state index contributed by atoms with van der Waals surface area (Å²) < 4.78 is 10.5. The van der Waals surface area contributed by atoms with Crippen molar-refractivity contribution in [3.63, 3.8) is 0 Å². The van der Waals surface area contributed by atoms with Crippen molar-refractivity contribution in [2.75, 3.05) is 26.2 Å². The Hall–Kier alpha value is -2.47. The predicted octanol–water partition coefficient (Wildman–Crippen LogP) is 3.22. The summed E-state index contributed by atoms with van der Waals surface area (Å²) in [6.45, 7) is 0. The molecule has 0 fully saturated rings. The fourth-order valence-corrected chi connectivity index (χ4v) is 2.17. The van der Waals surface area contributed by atoms with Crippen LogP contribution in [0, 0.1) is 0 Å². The van der Waals surface area contributed by atoms with E-state index in [-0.39, 0.29) is 10.7 Å². The molecule has 22 heavy (non-hydrogen) atoms. The van der Waals surface area contributed by atoms with E-state index in [1.54, 1.807) is 44.4 Å². The highest BCUT2D eigenvalue weighted by Gasteiger charge is 2.15. The summed E-state index contributed by atoms with van der Waals surface area (Å²) in [4.78, 5) is 17.0. The third-order valence-corrected chi connectivity index (χ3v) is 3.31. The van der Waals surface area contributed by atoms with E-state index in [1.807, 2.05) is 0 Å². The fourth-order valence-electron chi connectivity index (χ4n) is 1.96. The number of halogens is 1. The highest BCUT2D eigenvalue weighted by atomic mass is 35.5. The minimum Gasteiger partial charge on any atom is -0.497 e. The molecule has 116 valence electrons. The number of pyridine rings is 1. The largest absolute Gasteiger partial charge is 0.497 e. The average Bonchev–Trinajstić information content (AvgIpc) is 2.52. The summed E-state index contributed by atoms with van der Waals surface area (Å²) in [6, 6.07) is 8.04. The van der Waals surface area contributed by atoms with Crippen LogP contribution in [0.15, 0.2) is 30.3 Å². The SMILES string of the molecule is COc1ccc(N(C)c2cc(C(=O)O)cc(Cl)n2)c(OC)c1. The highest BCUT2D eigenvalue weighted by molar-refractivity contribution is 6.29. The number of hydrogen-bond donors (Lipinski definition) is 1. The summed E-state index contributed by atoms with van der Waals surface area (Å²) in [5.41, 5.74) is 0.767. The first-order valence-corrected chi connectivity index (χ1v) is 6.70. The maximum Gasteiger partial charge on any atom is 0.335 e. The maximum atomic E-state index is 11.1. The molecule has 0 bridgehead atoms. The Labute approximate surface area is 132 Å². The maximum absolute atomic E-state index is 11.1. The van der Waals surface area contributed by atoms with Crippen LogP contribution in [-0.2, 0) is 0 Å². The first-order valence-electron chi connectivity index (χ1n) is 6.33. The molecule has 0 unspecified atom stereocenters. The number of nitrogens with zero attached hydrogens (tertiary/aromatic N) is 2. The van der Waals surface area contributed by atoms with Crippen molar-refractivity contribution in [1.82, 2.24) is 4.98 Å². The molecule has 0 saturated carbocycles. The Morgan fingerprint density at radius 1 is 1.23 bits per heavy atom. The summed E-state index contributed by atoms with van der Waals surface area (Å²) in [5, 5.41) is 9.21. The zero-order valence-electron chi connectivity index (χ0n) is 12.3. The number of rotatable bonds is 5. The minimum absolute atomic E-state index is 0.0642. The lowest BCUT2D eigenvalue weighted by molar-refractivity contribution is 0.0697. The number of carboxylic acids is 1. The molecule has 2 rings (SSSR count). The molecule has 6 nitrogen and oxygen atoms in total. The Kier molecular flexibility index (Phi) is 4.72. The molecule has 0 aliphatic rings. The van der Waals surface area contributed by atoms with Crippen molar-refractivity contribution >= 4 is 29.1 Å². The van der Waals surface area contributed by atoms with Crippen molar-refractivity contribution in [3.05, 3.63) is 41.0 Å². The molecular formula is C15H15ClN2O4. The quantitative estimate of drug-likeness (QED) is 0.852. The number of carboxylic acid groups (broad SMARTS) is 1. The van der Waals surface area contributed by atoms with Crippen LogP contribution >= 0.6 is 11.6 Å². The predicted molar refractivity (Wildman–Crippen MR) is 83.8 cm³/mol. The Morgan fingerprint density at radius 3 is 2.55 bits per heavy atom. The lowest BCUT2D eigenvalue weighted by Crippen LogP contribution is -2.13. The second-order valence-electron chi connectivity index (χ2n) is 4.44. The van der Waals surface area contributed by atoms with Crippen LogP contribution in [0.5, 0.6) is 11.5 Å². The van der Waals surface area contributed by atoms with Gasteiger partial charge in [0, 0.05) is 13.1 Å². The van der Waals surface area contributed by atoms with Crippen LogP contribution in [-0.4, -0.2) is 37.3 Å². The molecule has 0 amide bonds. The molecule has 0 atom stereocenters. The molecule has 7 heteroatoms. The number of hydrogen-bond acceptors (Lipinski definition) is 5. The van der Waals surface area contributed by atoms with Gasteiger partial charge in [-0.15, -0.1) is 0 Å². The summed E-state index contributed by atoms with van der Waals surface area (Å²) in [5.74, 6) is 0.550. The van der Waals surface area contributed by atoms with Gasteiger partial charge in [-0.1, -0.05) is 11.6 Å². The summed E-state index contributed by atoms with van der Waals surface area (Å²) >= 11 is 5.89. The Balaban J connectivity index is 2.47. The van der Waals surface area contributed by atoms with Crippen molar-refractivity contribution < 1.29 is 19.4 Å². The van der Waals surface area contributed by atoms with Gasteiger partial charge in [0.1, 0.15) is 22.5 Å². The topological polar surface area (TPSA) is 71.9 Å². The fraction of sp³-hybridized carbons (Fsp3) is 0.200. The normalized spacial score (nSPS) is 10.2. The van der Waals surface area contributed by atoms with Crippen LogP contribution in [0.3, 0.4) is 0 Å². The van der Waals surface area contributed by atoms with Crippen molar-refractivity contribution in [3.8, 4) is 11.5 Å². The van der Waals surface area contributed by atoms with Gasteiger partial charge in [-0.05, 0) is 24.3 Å². The monoisotopic (exact) mass is 322 g/mol. The highest BCUT2D eigenvalue weighted by Crippen LogP contribution is 2.35. The number of anilines is 2. The standard InChI is InChI=1S/C15H15ClN2O4/c1-18(11-5-4-10(21-2)8-12(11)22-3)14-7-9(15(19)20)6-13(16)17-14/h4-8H,1-3H3,(H,19,20). The first kappa shape index (κ1) is 15.9. The number of benzene rings is 1. The number of aromatic nitrogens is 1. The molecular weight excluding hydrogens is 308 g/mol. The van der Waals surface area contributed by atoms with E-state index < -0.39 is 5.97 Å². The zero-order valence-corrected chi connectivity index (χ0v) is 13.1. The van der Waals surface area contributed by atoms with Gasteiger partial charge in [-0.25, -0.2) is 9.78 Å². The van der Waals surface area contributed by atoms with Crippen molar-refractivity contribution in [2.24, 2.45) is 0 Å². The van der Waals surface area contributed by atoms with E-state index >= 15 is 0 Å². The molecule has 1 aromatic heterocycles. The lowest BCUT2D eigenvalue weighted by Gasteiger charge is -2.21. The van der Waals surface area contributed by atoms with E-state index in [9.17, 15) is 4.79 Å². The van der Waals surface area contributed by atoms with E-state index in [4.69, 9.17) is 26.2 Å². The lowest BCUT2D eigenvalue weighted by atomic mass is 10.2. The van der Waals surface area contributed by atoms with E-state index in [2.05, 4.69) is 4.98 Å². The molecule has 0 saturated heterocycles. The number of ether oxygens (including phenoxy) is 2. The van der Waals surface area contributed by atoms with Crippen LogP contribution in [0.2, 0.25) is 5.15 Å². The molecule has 0 radical (unpaired) electrons. The van der Waals surface area contributed by atoms with Gasteiger partial charge in [0.15, 0.2) is 0 Å². The number of methoxy groups -OCH3 is 2. The second kappa shape index (κ2) is 6.53. The van der Waals surface area contributed by atoms with E-state index in [0.29, 0.717) is 23.0 Å². The molecule has 1 N–H and O–H groups in total. The van der Waals surface area contributed by atoms with Gasteiger partial charge in [0.2, 0.25) is 0 Å². The number of aromatic carboxylic acids is 1. The molecule has 1 aromatic carbocycles. The average molecular weight is 323 g/mol. The van der Waals surface area contributed by atoms with Crippen LogP contribution in [0.4, 0.5) is 11.5 Å².